The smallest absolute Gasteiger partial charge is 0.199 e. The van der Waals surface area contributed by atoms with Crippen molar-refractivity contribution in [2.75, 3.05) is 7.11 Å². The first kappa shape index (κ1) is 15.2. The van der Waals surface area contributed by atoms with Crippen molar-refractivity contribution in [3.63, 3.8) is 0 Å². The number of hydrogen-bond acceptors (Lipinski definition) is 2. The zero-order valence-electron chi connectivity index (χ0n) is 10.2. The summed E-state index contributed by atoms with van der Waals surface area (Å²) in [6.45, 7) is 0. The molecule has 6 heteroatoms. The van der Waals surface area contributed by atoms with E-state index in [9.17, 15) is 13.6 Å². The summed E-state index contributed by atoms with van der Waals surface area (Å²) >= 11 is 7.48. The molecule has 2 nitrogen and oxygen atoms in total. The maximum atomic E-state index is 13.8. The quantitative estimate of drug-likeness (QED) is 0.426. The van der Waals surface area contributed by atoms with Gasteiger partial charge in [-0.25, -0.2) is 8.78 Å². The predicted molar refractivity (Wildman–Crippen MR) is 80.5 cm³/mol. The van der Waals surface area contributed by atoms with Gasteiger partial charge in [0.05, 0.1) is 23.3 Å². The summed E-state index contributed by atoms with van der Waals surface area (Å²) in [6, 6.07) is 6.46. The summed E-state index contributed by atoms with van der Waals surface area (Å²) in [4.78, 5) is 12.3. The monoisotopic (exact) mass is 408 g/mol. The van der Waals surface area contributed by atoms with Crippen molar-refractivity contribution >= 4 is 40.0 Å². The maximum Gasteiger partial charge on any atom is 0.199 e. The lowest BCUT2D eigenvalue weighted by atomic mass is 10.0. The van der Waals surface area contributed by atoms with Crippen molar-refractivity contribution in [1.29, 1.82) is 0 Å². The van der Waals surface area contributed by atoms with E-state index in [-0.39, 0.29) is 16.1 Å². The lowest BCUT2D eigenvalue weighted by molar-refractivity contribution is 0.103. The van der Waals surface area contributed by atoms with Crippen LogP contribution in [0.25, 0.3) is 0 Å². The molecule has 0 fully saturated rings. The first-order chi connectivity index (χ1) is 9.43. The SMILES string of the molecule is COc1ccc(I)cc1C(=O)c1cc(F)c(Cl)cc1F. The molecule has 0 N–H and O–H groups in total. The normalized spacial score (nSPS) is 10.4. The van der Waals surface area contributed by atoms with Gasteiger partial charge in [0.15, 0.2) is 5.78 Å². The average Bonchev–Trinajstić information content (AvgIpc) is 2.42. The van der Waals surface area contributed by atoms with Gasteiger partial charge >= 0.3 is 0 Å². The summed E-state index contributed by atoms with van der Waals surface area (Å²) in [7, 11) is 1.40. The van der Waals surface area contributed by atoms with E-state index < -0.39 is 17.4 Å². The summed E-state index contributed by atoms with van der Waals surface area (Å²) in [5.41, 5.74) is -0.216. The minimum atomic E-state index is -0.873. The fourth-order valence-electron chi connectivity index (χ4n) is 1.70. The Bertz CT molecular complexity index is 689. The molecule has 0 aromatic heterocycles. The number of methoxy groups -OCH3 is 1. The Hall–Kier alpha value is -1.21. The van der Waals surface area contributed by atoms with Gasteiger partial charge in [-0.3, -0.25) is 4.79 Å². The van der Waals surface area contributed by atoms with Gasteiger partial charge in [0.1, 0.15) is 17.4 Å². The van der Waals surface area contributed by atoms with Crippen molar-refractivity contribution in [3.8, 4) is 5.75 Å². The first-order valence-corrected chi connectivity index (χ1v) is 6.92. The van der Waals surface area contributed by atoms with E-state index in [0.29, 0.717) is 5.75 Å². The number of carbonyl (C=O) groups is 1. The lowest BCUT2D eigenvalue weighted by Crippen LogP contribution is -2.07. The molecular formula is C14H8ClF2IO2. The van der Waals surface area contributed by atoms with E-state index in [0.717, 1.165) is 15.7 Å². The number of hydrogen-bond donors (Lipinski definition) is 0. The Labute approximate surface area is 132 Å². The molecular weight excluding hydrogens is 401 g/mol. The van der Waals surface area contributed by atoms with Crippen LogP contribution in [0.2, 0.25) is 5.02 Å². The molecule has 0 bridgehead atoms. The Morgan fingerprint density at radius 3 is 2.50 bits per heavy atom. The van der Waals surface area contributed by atoms with Gasteiger partial charge in [-0.2, -0.15) is 0 Å². The zero-order valence-corrected chi connectivity index (χ0v) is 13.1. The zero-order chi connectivity index (χ0) is 14.9. The highest BCUT2D eigenvalue weighted by Gasteiger charge is 2.20. The van der Waals surface area contributed by atoms with Gasteiger partial charge < -0.3 is 4.74 Å². The maximum absolute atomic E-state index is 13.8. The lowest BCUT2D eigenvalue weighted by Gasteiger charge is -2.09. The molecule has 2 aromatic rings. The highest BCUT2D eigenvalue weighted by Crippen LogP contribution is 2.27. The molecule has 0 aliphatic carbocycles. The van der Waals surface area contributed by atoms with Crippen molar-refractivity contribution < 1.29 is 18.3 Å². The van der Waals surface area contributed by atoms with Crippen LogP contribution in [0.4, 0.5) is 8.78 Å². The van der Waals surface area contributed by atoms with Crippen molar-refractivity contribution in [2.45, 2.75) is 0 Å². The van der Waals surface area contributed by atoms with Crippen molar-refractivity contribution in [3.05, 3.63) is 61.7 Å². The molecule has 0 aliphatic heterocycles. The molecule has 104 valence electrons. The number of ketones is 1. The minimum absolute atomic E-state index is 0.167. The molecule has 0 aliphatic rings. The standard InChI is InChI=1S/C14H8ClF2IO2/c1-20-13-3-2-7(18)4-9(13)14(19)8-5-12(17)10(15)6-11(8)16/h2-6H,1H3. The van der Waals surface area contributed by atoms with E-state index in [2.05, 4.69) is 0 Å². The number of rotatable bonds is 3. The summed E-state index contributed by atoms with van der Waals surface area (Å²) in [5, 5.41) is -0.367. The van der Waals surface area contributed by atoms with Crippen LogP contribution in [-0.2, 0) is 0 Å². The molecule has 0 saturated heterocycles. The van der Waals surface area contributed by atoms with Crippen LogP contribution < -0.4 is 4.74 Å². The molecule has 0 saturated carbocycles. The number of halogens is 4. The van der Waals surface area contributed by atoms with Crippen LogP contribution in [0.15, 0.2) is 30.3 Å². The number of carbonyl (C=O) groups excluding carboxylic acids is 1. The van der Waals surface area contributed by atoms with Crippen LogP contribution in [0, 0.1) is 15.2 Å². The molecule has 0 heterocycles. The van der Waals surface area contributed by atoms with Crippen LogP contribution in [0.1, 0.15) is 15.9 Å². The minimum Gasteiger partial charge on any atom is -0.496 e. The fraction of sp³-hybridized carbons (Fsp3) is 0.0714. The highest BCUT2D eigenvalue weighted by atomic mass is 127. The van der Waals surface area contributed by atoms with Gasteiger partial charge in [-0.1, -0.05) is 11.6 Å². The Balaban J connectivity index is 2.57. The molecule has 2 rings (SSSR count). The molecule has 20 heavy (non-hydrogen) atoms. The Kier molecular flexibility index (Phi) is 4.59. The van der Waals surface area contributed by atoms with E-state index in [1.165, 1.54) is 7.11 Å². The second kappa shape index (κ2) is 6.05. The summed E-state index contributed by atoms with van der Waals surface area (Å²) in [6.07, 6.45) is 0. The van der Waals surface area contributed by atoms with E-state index >= 15 is 0 Å². The van der Waals surface area contributed by atoms with E-state index in [1.807, 2.05) is 22.6 Å². The van der Waals surface area contributed by atoms with Crippen LogP contribution in [0.5, 0.6) is 5.75 Å². The summed E-state index contributed by atoms with van der Waals surface area (Å²) in [5.74, 6) is -2.08. The second-order valence-corrected chi connectivity index (χ2v) is 5.57. The highest BCUT2D eigenvalue weighted by molar-refractivity contribution is 14.1. The number of ether oxygens (including phenoxy) is 1. The summed E-state index contributed by atoms with van der Waals surface area (Å²) < 4.78 is 33.1. The largest absolute Gasteiger partial charge is 0.496 e. The van der Waals surface area contributed by atoms with Crippen molar-refractivity contribution in [1.82, 2.24) is 0 Å². The Morgan fingerprint density at radius 1 is 1.15 bits per heavy atom. The van der Waals surface area contributed by atoms with Gasteiger partial charge in [0.25, 0.3) is 0 Å². The Morgan fingerprint density at radius 2 is 1.85 bits per heavy atom. The molecule has 2 aromatic carbocycles. The van der Waals surface area contributed by atoms with Gasteiger partial charge in [-0.15, -0.1) is 0 Å². The second-order valence-electron chi connectivity index (χ2n) is 3.92. The average molecular weight is 409 g/mol. The van der Waals surface area contributed by atoms with E-state index in [1.54, 1.807) is 18.2 Å². The van der Waals surface area contributed by atoms with Crippen LogP contribution in [0.3, 0.4) is 0 Å². The topological polar surface area (TPSA) is 26.3 Å². The third-order valence-electron chi connectivity index (χ3n) is 2.66. The molecule has 0 atom stereocenters. The third-order valence-corrected chi connectivity index (χ3v) is 3.62. The predicted octanol–water partition coefficient (Wildman–Crippen LogP) is 4.46. The third kappa shape index (κ3) is 2.93. The van der Waals surface area contributed by atoms with Gasteiger partial charge in [0.2, 0.25) is 0 Å². The van der Waals surface area contributed by atoms with E-state index in [4.69, 9.17) is 16.3 Å². The fourth-order valence-corrected chi connectivity index (χ4v) is 2.34. The van der Waals surface area contributed by atoms with Crippen molar-refractivity contribution in [2.24, 2.45) is 0 Å². The van der Waals surface area contributed by atoms with Crippen LogP contribution >= 0.6 is 34.2 Å². The molecule has 0 unspecified atom stereocenters. The molecule has 0 spiro atoms. The molecule has 0 radical (unpaired) electrons. The van der Waals surface area contributed by atoms with Gasteiger partial charge in [-0.05, 0) is 52.9 Å². The number of benzene rings is 2. The first-order valence-electron chi connectivity index (χ1n) is 5.47. The van der Waals surface area contributed by atoms with Crippen LogP contribution in [-0.4, -0.2) is 12.9 Å². The van der Waals surface area contributed by atoms with Gasteiger partial charge in [0, 0.05) is 3.57 Å². The molecule has 0 amide bonds.